The summed E-state index contributed by atoms with van der Waals surface area (Å²) in [5.41, 5.74) is 6.73. The third kappa shape index (κ3) is 7.04. The van der Waals surface area contributed by atoms with Crippen molar-refractivity contribution in [3.8, 4) is 45.7 Å². The number of phenols is 1. The highest BCUT2D eigenvalue weighted by atomic mass is 16.6. The Morgan fingerprint density at radius 3 is 1.86 bits per heavy atom. The molecule has 0 bridgehead atoms. The van der Waals surface area contributed by atoms with Gasteiger partial charge < -0.3 is 14.6 Å². The van der Waals surface area contributed by atoms with E-state index in [1.165, 1.54) is 0 Å². The van der Waals surface area contributed by atoms with Crippen molar-refractivity contribution in [1.82, 2.24) is 15.0 Å². The average molecular weight is 580 g/mol. The number of benzene rings is 3. The number of hydrogen-bond acceptors (Lipinski definition) is 7. The van der Waals surface area contributed by atoms with Gasteiger partial charge >= 0.3 is 5.97 Å². The molecule has 0 aliphatic heterocycles. The van der Waals surface area contributed by atoms with Gasteiger partial charge in [-0.3, -0.25) is 4.79 Å². The van der Waals surface area contributed by atoms with Crippen LogP contribution in [0.2, 0.25) is 0 Å². The summed E-state index contributed by atoms with van der Waals surface area (Å²) in [6.45, 7) is 12.9. The normalized spacial score (nSPS) is 18.3. The number of hydrogen-bond donors (Lipinski definition) is 1. The smallest absolute Gasteiger partial charge is 0.309 e. The molecule has 7 nitrogen and oxygen atoms in total. The second-order valence-corrected chi connectivity index (χ2v) is 12.1. The van der Waals surface area contributed by atoms with Crippen molar-refractivity contribution < 1.29 is 19.4 Å². The van der Waals surface area contributed by atoms with E-state index in [9.17, 15) is 9.90 Å². The van der Waals surface area contributed by atoms with Crippen LogP contribution in [-0.2, 0) is 9.53 Å². The number of esters is 1. The molecule has 0 amide bonds. The van der Waals surface area contributed by atoms with E-state index < -0.39 is 0 Å². The number of aromatic nitrogens is 3. The predicted molar refractivity (Wildman–Crippen MR) is 169 cm³/mol. The molecule has 1 aliphatic carbocycles. The Labute approximate surface area is 254 Å². The zero-order chi connectivity index (χ0) is 30.7. The maximum absolute atomic E-state index is 12.6. The third-order valence-electron chi connectivity index (χ3n) is 8.42. The van der Waals surface area contributed by atoms with E-state index in [1.54, 1.807) is 18.2 Å². The van der Waals surface area contributed by atoms with Gasteiger partial charge in [0.1, 0.15) is 24.7 Å². The van der Waals surface area contributed by atoms with Gasteiger partial charge in [-0.1, -0.05) is 61.4 Å². The Bertz CT molecular complexity index is 1560. The highest BCUT2D eigenvalue weighted by Gasteiger charge is 2.31. The number of nitrogens with zero attached hydrogens (tertiary/aromatic N) is 3. The SMILES string of the molecule is Cc1ccc(-c2nc(-c3ccc(C)cc3C)nc(-c3ccc(OCCOC(=O)C4CCC(C)CC4C)cc3O)n2)c(C)c1. The minimum Gasteiger partial charge on any atom is -0.507 e. The number of carbonyl (C=O) groups is 1. The fourth-order valence-electron chi connectivity index (χ4n) is 6.08. The Balaban J connectivity index is 1.36. The lowest BCUT2D eigenvalue weighted by Gasteiger charge is -2.30. The number of phenolic OH excluding ortho intramolecular Hbond substituents is 1. The van der Waals surface area contributed by atoms with E-state index in [4.69, 9.17) is 24.4 Å². The number of aromatic hydroxyl groups is 1. The molecule has 3 unspecified atom stereocenters. The lowest BCUT2D eigenvalue weighted by atomic mass is 9.76. The fourth-order valence-corrected chi connectivity index (χ4v) is 6.08. The van der Waals surface area contributed by atoms with E-state index in [-0.39, 0.29) is 30.9 Å². The molecule has 0 saturated heterocycles. The molecule has 1 aromatic heterocycles. The van der Waals surface area contributed by atoms with Gasteiger partial charge in [-0.2, -0.15) is 0 Å². The van der Waals surface area contributed by atoms with E-state index in [1.807, 2.05) is 38.1 Å². The van der Waals surface area contributed by atoms with Crippen LogP contribution in [0.1, 0.15) is 55.4 Å². The second kappa shape index (κ2) is 12.9. The molecule has 1 aliphatic rings. The van der Waals surface area contributed by atoms with Gasteiger partial charge in [-0.15, -0.1) is 0 Å². The summed E-state index contributed by atoms with van der Waals surface area (Å²) in [6.07, 6.45) is 3.00. The molecule has 1 heterocycles. The first-order valence-corrected chi connectivity index (χ1v) is 15.1. The van der Waals surface area contributed by atoms with Gasteiger partial charge in [-0.25, -0.2) is 15.0 Å². The summed E-state index contributed by atoms with van der Waals surface area (Å²) in [4.78, 5) is 27.0. The summed E-state index contributed by atoms with van der Waals surface area (Å²) in [6, 6.07) is 17.4. The van der Waals surface area contributed by atoms with Crippen LogP contribution in [0.5, 0.6) is 11.5 Å². The van der Waals surface area contributed by atoms with Gasteiger partial charge in [0.2, 0.25) is 0 Å². The summed E-state index contributed by atoms with van der Waals surface area (Å²) in [5.74, 6) is 2.72. The molecule has 4 aromatic rings. The predicted octanol–water partition coefficient (Wildman–Crippen LogP) is 7.81. The van der Waals surface area contributed by atoms with Crippen LogP contribution in [0.25, 0.3) is 34.2 Å². The van der Waals surface area contributed by atoms with Crippen molar-refractivity contribution in [1.29, 1.82) is 0 Å². The number of aryl methyl sites for hydroxylation is 4. The van der Waals surface area contributed by atoms with Crippen molar-refractivity contribution in [3.63, 3.8) is 0 Å². The maximum Gasteiger partial charge on any atom is 0.309 e. The molecule has 1 saturated carbocycles. The highest BCUT2D eigenvalue weighted by Crippen LogP contribution is 2.35. The quantitative estimate of drug-likeness (QED) is 0.168. The van der Waals surface area contributed by atoms with Gasteiger partial charge in [0.05, 0.1) is 11.5 Å². The summed E-state index contributed by atoms with van der Waals surface area (Å²) in [5, 5.41) is 11.0. The molecule has 1 N–H and O–H groups in total. The lowest BCUT2D eigenvalue weighted by Crippen LogP contribution is -2.30. The zero-order valence-corrected chi connectivity index (χ0v) is 26.0. The minimum absolute atomic E-state index is 0.0102. The molecular formula is C36H41N3O4. The highest BCUT2D eigenvalue weighted by molar-refractivity contribution is 5.73. The second-order valence-electron chi connectivity index (χ2n) is 12.1. The summed E-state index contributed by atoms with van der Waals surface area (Å²) in [7, 11) is 0. The van der Waals surface area contributed by atoms with Gasteiger partial charge in [-0.05, 0) is 82.1 Å². The largest absolute Gasteiger partial charge is 0.507 e. The van der Waals surface area contributed by atoms with Crippen molar-refractivity contribution >= 4 is 5.97 Å². The van der Waals surface area contributed by atoms with Crippen molar-refractivity contribution in [3.05, 3.63) is 76.9 Å². The molecule has 3 atom stereocenters. The van der Waals surface area contributed by atoms with Crippen LogP contribution in [0.15, 0.2) is 54.6 Å². The number of carbonyl (C=O) groups excluding carboxylic acids is 1. The van der Waals surface area contributed by atoms with Crippen LogP contribution >= 0.6 is 0 Å². The number of ether oxygens (including phenoxy) is 2. The Kier molecular flexibility index (Phi) is 9.09. The molecule has 5 rings (SSSR count). The zero-order valence-electron chi connectivity index (χ0n) is 26.0. The van der Waals surface area contributed by atoms with Gasteiger partial charge in [0, 0.05) is 17.2 Å². The number of rotatable bonds is 8. The fraction of sp³-hybridized carbons (Fsp3) is 0.389. The lowest BCUT2D eigenvalue weighted by molar-refractivity contribution is -0.152. The van der Waals surface area contributed by atoms with E-state index >= 15 is 0 Å². The van der Waals surface area contributed by atoms with Crippen LogP contribution < -0.4 is 4.74 Å². The summed E-state index contributed by atoms with van der Waals surface area (Å²) < 4.78 is 11.3. The van der Waals surface area contributed by atoms with Gasteiger partial charge in [0.25, 0.3) is 0 Å². The molecule has 43 heavy (non-hydrogen) atoms. The molecule has 0 spiro atoms. The molecule has 1 fully saturated rings. The van der Waals surface area contributed by atoms with E-state index in [0.29, 0.717) is 40.6 Å². The Hall–Kier alpha value is -4.26. The molecule has 7 heteroatoms. The third-order valence-corrected chi connectivity index (χ3v) is 8.42. The van der Waals surface area contributed by atoms with E-state index in [2.05, 4.69) is 39.8 Å². The maximum atomic E-state index is 12.6. The molecular weight excluding hydrogens is 538 g/mol. The van der Waals surface area contributed by atoms with E-state index in [0.717, 1.165) is 52.6 Å². The molecule has 224 valence electrons. The topological polar surface area (TPSA) is 94.4 Å². The van der Waals surface area contributed by atoms with Crippen molar-refractivity contribution in [2.24, 2.45) is 17.8 Å². The average Bonchev–Trinajstić information content (AvgIpc) is 2.95. The minimum atomic E-state index is -0.143. The first-order chi connectivity index (χ1) is 20.6. The van der Waals surface area contributed by atoms with Crippen molar-refractivity contribution in [2.45, 2.75) is 60.8 Å². The van der Waals surface area contributed by atoms with Crippen LogP contribution in [0.3, 0.4) is 0 Å². The Morgan fingerprint density at radius 2 is 1.33 bits per heavy atom. The standard InChI is InChI=1S/C36H41N3O4/c1-21-7-11-28(24(4)17-21)33-37-34(29-12-8-22(2)18-25(29)5)39-35(38-33)31-14-10-27(20-32(31)40)42-15-16-43-36(41)30-13-9-23(3)19-26(30)6/h7-8,10-12,14,17-18,20,23,26,30,40H,9,13,15-16,19H2,1-6H3. The van der Waals surface area contributed by atoms with Crippen LogP contribution in [-0.4, -0.2) is 39.2 Å². The van der Waals surface area contributed by atoms with Crippen molar-refractivity contribution in [2.75, 3.05) is 13.2 Å². The molecule has 0 radical (unpaired) electrons. The Morgan fingerprint density at radius 1 is 0.767 bits per heavy atom. The monoisotopic (exact) mass is 579 g/mol. The molecule has 3 aromatic carbocycles. The van der Waals surface area contributed by atoms with Crippen LogP contribution in [0, 0.1) is 45.4 Å². The van der Waals surface area contributed by atoms with Gasteiger partial charge in [0.15, 0.2) is 17.5 Å². The van der Waals surface area contributed by atoms with Crippen LogP contribution in [0.4, 0.5) is 0 Å². The first-order valence-electron chi connectivity index (χ1n) is 15.1. The first kappa shape index (κ1) is 30.2. The summed E-state index contributed by atoms with van der Waals surface area (Å²) >= 11 is 0.